The summed E-state index contributed by atoms with van der Waals surface area (Å²) < 4.78 is 11.7. The van der Waals surface area contributed by atoms with Gasteiger partial charge in [-0.05, 0) is 42.4 Å². The van der Waals surface area contributed by atoms with Crippen LogP contribution in [0.15, 0.2) is 36.4 Å². The Morgan fingerprint density at radius 3 is 2.38 bits per heavy atom. The number of hydrogen-bond donors (Lipinski definition) is 0. The molecule has 0 aliphatic rings. The Kier molecular flexibility index (Phi) is 6.65. The highest BCUT2D eigenvalue weighted by atomic mass is 16.7. The molecule has 0 heterocycles. The van der Waals surface area contributed by atoms with Gasteiger partial charge in [0.15, 0.2) is 0 Å². The van der Waals surface area contributed by atoms with Gasteiger partial charge in [-0.25, -0.2) is 4.79 Å². The number of hydrogen-bond acceptors (Lipinski definition) is 3. The predicted octanol–water partition coefficient (Wildman–Crippen LogP) is 5.63. The van der Waals surface area contributed by atoms with Crippen LogP contribution in [0.5, 0.6) is 5.75 Å². The molecule has 1 aromatic carbocycles. The zero-order valence-corrected chi connectivity index (χ0v) is 16.2. The standard InChI is InChI=1S/C21H32O3/c1-9-20(6,7)17-11-10-12-18(13-17)23-21(8,14-15(2)3)24-19(22)16(4)5/h10-13,15H,4,9,14H2,1-3,5-8H3. The second-order valence-electron chi connectivity index (χ2n) is 7.77. The van der Waals surface area contributed by atoms with E-state index in [1.165, 1.54) is 5.56 Å². The maximum atomic E-state index is 12.0. The maximum absolute atomic E-state index is 12.0. The van der Waals surface area contributed by atoms with Crippen LogP contribution in [0, 0.1) is 5.92 Å². The van der Waals surface area contributed by atoms with Gasteiger partial charge in [0.2, 0.25) is 0 Å². The Morgan fingerprint density at radius 2 is 1.88 bits per heavy atom. The van der Waals surface area contributed by atoms with E-state index in [0.717, 1.165) is 6.42 Å². The van der Waals surface area contributed by atoms with E-state index in [-0.39, 0.29) is 5.41 Å². The van der Waals surface area contributed by atoms with Crippen molar-refractivity contribution in [3.8, 4) is 5.75 Å². The van der Waals surface area contributed by atoms with Crippen LogP contribution < -0.4 is 4.74 Å². The molecule has 3 heteroatoms. The Bertz CT molecular complexity index is 587. The van der Waals surface area contributed by atoms with Crippen LogP contribution in [-0.4, -0.2) is 11.8 Å². The van der Waals surface area contributed by atoms with Gasteiger partial charge in [0.25, 0.3) is 5.79 Å². The molecule has 24 heavy (non-hydrogen) atoms. The summed E-state index contributed by atoms with van der Waals surface area (Å²) in [4.78, 5) is 12.0. The van der Waals surface area contributed by atoms with Gasteiger partial charge in [-0.2, -0.15) is 0 Å². The van der Waals surface area contributed by atoms with Gasteiger partial charge in [0.05, 0.1) is 0 Å². The summed E-state index contributed by atoms with van der Waals surface area (Å²) in [5.41, 5.74) is 1.65. The van der Waals surface area contributed by atoms with Gasteiger partial charge >= 0.3 is 5.97 Å². The van der Waals surface area contributed by atoms with E-state index in [1.54, 1.807) is 6.92 Å². The topological polar surface area (TPSA) is 35.5 Å². The third kappa shape index (κ3) is 5.70. The van der Waals surface area contributed by atoms with Crippen molar-refractivity contribution in [2.24, 2.45) is 5.92 Å². The van der Waals surface area contributed by atoms with Crippen LogP contribution in [0.25, 0.3) is 0 Å². The van der Waals surface area contributed by atoms with Crippen molar-refractivity contribution >= 4 is 5.97 Å². The summed E-state index contributed by atoms with van der Waals surface area (Å²) in [5, 5.41) is 0. The van der Waals surface area contributed by atoms with Crippen molar-refractivity contribution in [3.05, 3.63) is 42.0 Å². The second kappa shape index (κ2) is 7.87. The second-order valence-corrected chi connectivity index (χ2v) is 7.77. The summed E-state index contributed by atoms with van der Waals surface area (Å²) in [6.07, 6.45) is 1.64. The van der Waals surface area contributed by atoms with Gasteiger partial charge in [-0.3, -0.25) is 0 Å². The van der Waals surface area contributed by atoms with Crippen LogP contribution >= 0.6 is 0 Å². The molecule has 0 radical (unpaired) electrons. The lowest BCUT2D eigenvalue weighted by Gasteiger charge is -2.32. The molecule has 0 saturated carbocycles. The van der Waals surface area contributed by atoms with Crippen molar-refractivity contribution in [1.82, 2.24) is 0 Å². The van der Waals surface area contributed by atoms with Crippen molar-refractivity contribution in [2.75, 3.05) is 0 Å². The molecule has 1 unspecified atom stereocenters. The number of benzene rings is 1. The first-order chi connectivity index (χ1) is 11.0. The molecule has 0 aromatic heterocycles. The van der Waals surface area contributed by atoms with Crippen molar-refractivity contribution < 1.29 is 14.3 Å². The highest BCUT2D eigenvalue weighted by Crippen LogP contribution is 2.32. The van der Waals surface area contributed by atoms with E-state index in [0.29, 0.717) is 23.7 Å². The fraction of sp³-hybridized carbons (Fsp3) is 0.571. The van der Waals surface area contributed by atoms with E-state index in [1.807, 2.05) is 25.1 Å². The zero-order valence-electron chi connectivity index (χ0n) is 16.2. The monoisotopic (exact) mass is 332 g/mol. The number of carbonyl (C=O) groups excluding carboxylic acids is 1. The average Bonchev–Trinajstić information content (AvgIpc) is 2.46. The normalized spacial score (nSPS) is 14.2. The van der Waals surface area contributed by atoms with Gasteiger partial charge in [-0.1, -0.05) is 53.3 Å². The Hall–Kier alpha value is -1.77. The Morgan fingerprint density at radius 1 is 1.25 bits per heavy atom. The highest BCUT2D eigenvalue weighted by Gasteiger charge is 2.33. The molecule has 0 aliphatic carbocycles. The van der Waals surface area contributed by atoms with E-state index >= 15 is 0 Å². The van der Waals surface area contributed by atoms with Crippen LogP contribution in [0.1, 0.15) is 66.9 Å². The largest absolute Gasteiger partial charge is 0.452 e. The first kappa shape index (κ1) is 20.3. The molecule has 134 valence electrons. The maximum Gasteiger partial charge on any atom is 0.336 e. The number of carbonyl (C=O) groups is 1. The lowest BCUT2D eigenvalue weighted by atomic mass is 9.82. The molecule has 0 bridgehead atoms. The fourth-order valence-electron chi connectivity index (χ4n) is 2.56. The van der Waals surface area contributed by atoms with E-state index in [2.05, 4.69) is 47.3 Å². The van der Waals surface area contributed by atoms with Crippen molar-refractivity contribution in [1.29, 1.82) is 0 Å². The SMILES string of the molecule is C=C(C)C(=O)OC(C)(CC(C)C)Oc1cccc(C(C)(C)CC)c1. The quantitative estimate of drug-likeness (QED) is 0.351. The minimum absolute atomic E-state index is 0.0716. The van der Waals surface area contributed by atoms with Crippen LogP contribution in [0.4, 0.5) is 0 Å². The minimum Gasteiger partial charge on any atom is -0.452 e. The molecule has 0 fully saturated rings. The predicted molar refractivity (Wildman–Crippen MR) is 99.2 cm³/mol. The van der Waals surface area contributed by atoms with Gasteiger partial charge in [0, 0.05) is 18.9 Å². The molecule has 0 spiro atoms. The Balaban J connectivity index is 3.08. The van der Waals surface area contributed by atoms with Crippen molar-refractivity contribution in [2.45, 2.75) is 72.5 Å². The van der Waals surface area contributed by atoms with E-state index < -0.39 is 11.8 Å². The van der Waals surface area contributed by atoms with Gasteiger partial charge in [0.1, 0.15) is 5.75 Å². The molecule has 3 nitrogen and oxygen atoms in total. The third-order valence-electron chi connectivity index (χ3n) is 4.27. The van der Waals surface area contributed by atoms with Gasteiger partial charge in [-0.15, -0.1) is 0 Å². The lowest BCUT2D eigenvalue weighted by Crippen LogP contribution is -2.39. The van der Waals surface area contributed by atoms with Crippen LogP contribution in [0.3, 0.4) is 0 Å². The molecule has 0 N–H and O–H groups in total. The molecule has 0 aliphatic heterocycles. The summed E-state index contributed by atoms with van der Waals surface area (Å²) in [6.45, 7) is 17.8. The number of esters is 1. The lowest BCUT2D eigenvalue weighted by molar-refractivity contribution is -0.192. The van der Waals surface area contributed by atoms with Gasteiger partial charge < -0.3 is 9.47 Å². The first-order valence-corrected chi connectivity index (χ1v) is 8.67. The van der Waals surface area contributed by atoms with Crippen LogP contribution in [0.2, 0.25) is 0 Å². The molecular formula is C21H32O3. The summed E-state index contributed by atoms with van der Waals surface area (Å²) >= 11 is 0. The fourth-order valence-corrected chi connectivity index (χ4v) is 2.56. The minimum atomic E-state index is -1.01. The molecule has 1 rings (SSSR count). The zero-order chi connectivity index (χ0) is 18.5. The molecule has 1 aromatic rings. The Labute approximate surface area is 147 Å². The average molecular weight is 332 g/mol. The van der Waals surface area contributed by atoms with E-state index in [9.17, 15) is 4.79 Å². The van der Waals surface area contributed by atoms with E-state index in [4.69, 9.17) is 9.47 Å². The number of ether oxygens (including phenoxy) is 2. The smallest absolute Gasteiger partial charge is 0.336 e. The number of rotatable bonds is 8. The summed E-state index contributed by atoms with van der Waals surface area (Å²) in [7, 11) is 0. The first-order valence-electron chi connectivity index (χ1n) is 8.67. The summed E-state index contributed by atoms with van der Waals surface area (Å²) in [6, 6.07) is 8.04. The summed E-state index contributed by atoms with van der Waals surface area (Å²) in [5.74, 6) is -0.405. The molecule has 0 amide bonds. The van der Waals surface area contributed by atoms with Crippen molar-refractivity contribution in [3.63, 3.8) is 0 Å². The molecular weight excluding hydrogens is 300 g/mol. The van der Waals surface area contributed by atoms with Crippen LogP contribution in [-0.2, 0) is 14.9 Å². The molecule has 1 atom stereocenters. The highest BCUT2D eigenvalue weighted by molar-refractivity contribution is 5.87. The third-order valence-corrected chi connectivity index (χ3v) is 4.27. The molecule has 0 saturated heterocycles.